The van der Waals surface area contributed by atoms with Crippen LogP contribution in [0.5, 0.6) is 0 Å². The molecule has 92 valence electrons. The summed E-state index contributed by atoms with van der Waals surface area (Å²) in [7, 11) is 0. The van der Waals surface area contributed by atoms with Crippen LogP contribution in [-0.4, -0.2) is 18.5 Å². The van der Waals surface area contributed by atoms with E-state index in [1.165, 1.54) is 0 Å². The number of benzene rings is 1. The van der Waals surface area contributed by atoms with Gasteiger partial charge in [-0.3, -0.25) is 4.79 Å². The van der Waals surface area contributed by atoms with Gasteiger partial charge in [0.05, 0.1) is 11.6 Å². The van der Waals surface area contributed by atoms with Crippen molar-refractivity contribution < 1.29 is 4.79 Å². The average Bonchev–Trinajstić information content (AvgIpc) is 2.83. The number of nitrogens with one attached hydrogen (secondary N) is 2. The SMILES string of the molecule is CC(C)(NC(=O)C1CCCN1)c1ccccc1. The van der Waals surface area contributed by atoms with Gasteiger partial charge >= 0.3 is 0 Å². The second kappa shape index (κ2) is 4.88. The van der Waals surface area contributed by atoms with Crippen molar-refractivity contribution >= 4 is 5.91 Å². The molecular formula is C14H20N2O. The van der Waals surface area contributed by atoms with Crippen molar-refractivity contribution in [2.24, 2.45) is 0 Å². The molecule has 1 heterocycles. The van der Waals surface area contributed by atoms with Crippen LogP contribution in [0.15, 0.2) is 30.3 Å². The molecule has 1 aromatic rings. The molecule has 1 aromatic carbocycles. The van der Waals surface area contributed by atoms with Gasteiger partial charge in [0.15, 0.2) is 0 Å². The predicted molar refractivity (Wildman–Crippen MR) is 68.6 cm³/mol. The maximum atomic E-state index is 12.1. The van der Waals surface area contributed by atoms with Gasteiger partial charge in [-0.05, 0) is 38.8 Å². The molecule has 0 saturated carbocycles. The van der Waals surface area contributed by atoms with Crippen LogP contribution in [0.1, 0.15) is 32.3 Å². The van der Waals surface area contributed by atoms with Crippen LogP contribution >= 0.6 is 0 Å². The fraction of sp³-hybridized carbons (Fsp3) is 0.500. The van der Waals surface area contributed by atoms with Crippen LogP contribution in [0.3, 0.4) is 0 Å². The molecular weight excluding hydrogens is 212 g/mol. The summed E-state index contributed by atoms with van der Waals surface area (Å²) < 4.78 is 0. The molecule has 3 heteroatoms. The smallest absolute Gasteiger partial charge is 0.237 e. The summed E-state index contributed by atoms with van der Waals surface area (Å²) in [6.07, 6.45) is 2.03. The fourth-order valence-corrected chi connectivity index (χ4v) is 2.23. The number of carbonyl (C=O) groups excluding carboxylic acids is 1. The molecule has 1 aliphatic rings. The quantitative estimate of drug-likeness (QED) is 0.834. The maximum absolute atomic E-state index is 12.1. The van der Waals surface area contributed by atoms with Crippen molar-refractivity contribution in [3.05, 3.63) is 35.9 Å². The molecule has 0 spiro atoms. The van der Waals surface area contributed by atoms with Crippen molar-refractivity contribution in [1.82, 2.24) is 10.6 Å². The second-order valence-electron chi connectivity index (χ2n) is 5.13. The van der Waals surface area contributed by atoms with Gasteiger partial charge in [-0.1, -0.05) is 30.3 Å². The Morgan fingerprint density at radius 1 is 1.35 bits per heavy atom. The third kappa shape index (κ3) is 2.86. The van der Waals surface area contributed by atoms with Crippen LogP contribution in [0.25, 0.3) is 0 Å². The molecule has 0 bridgehead atoms. The summed E-state index contributed by atoms with van der Waals surface area (Å²) in [5.74, 6) is 0.108. The highest BCUT2D eigenvalue weighted by Gasteiger charge is 2.28. The molecule has 17 heavy (non-hydrogen) atoms. The van der Waals surface area contributed by atoms with Crippen molar-refractivity contribution in [3.8, 4) is 0 Å². The van der Waals surface area contributed by atoms with E-state index in [0.29, 0.717) is 0 Å². The Labute approximate surface area is 103 Å². The Morgan fingerprint density at radius 2 is 2.06 bits per heavy atom. The van der Waals surface area contributed by atoms with E-state index < -0.39 is 0 Å². The van der Waals surface area contributed by atoms with E-state index in [1.54, 1.807) is 0 Å². The zero-order chi connectivity index (χ0) is 12.3. The van der Waals surface area contributed by atoms with Gasteiger partial charge in [-0.25, -0.2) is 0 Å². The Balaban J connectivity index is 2.04. The Morgan fingerprint density at radius 3 is 2.65 bits per heavy atom. The van der Waals surface area contributed by atoms with Crippen LogP contribution < -0.4 is 10.6 Å². The van der Waals surface area contributed by atoms with Gasteiger partial charge in [-0.2, -0.15) is 0 Å². The predicted octanol–water partition coefficient (Wildman–Crippen LogP) is 1.79. The molecule has 0 radical (unpaired) electrons. The van der Waals surface area contributed by atoms with Crippen molar-refractivity contribution in [2.45, 2.75) is 38.3 Å². The van der Waals surface area contributed by atoms with Gasteiger partial charge < -0.3 is 10.6 Å². The van der Waals surface area contributed by atoms with Gasteiger partial charge in [-0.15, -0.1) is 0 Å². The van der Waals surface area contributed by atoms with Crippen LogP contribution in [-0.2, 0) is 10.3 Å². The minimum Gasteiger partial charge on any atom is -0.346 e. The molecule has 2 rings (SSSR count). The first-order valence-corrected chi connectivity index (χ1v) is 6.20. The lowest BCUT2D eigenvalue weighted by atomic mass is 9.94. The third-order valence-electron chi connectivity index (χ3n) is 3.31. The Bertz CT molecular complexity index is 380. The highest BCUT2D eigenvalue weighted by molar-refractivity contribution is 5.82. The number of hydrogen-bond acceptors (Lipinski definition) is 2. The zero-order valence-electron chi connectivity index (χ0n) is 10.5. The lowest BCUT2D eigenvalue weighted by Crippen LogP contribution is -2.48. The molecule has 1 atom stereocenters. The normalized spacial score (nSPS) is 20.2. The van der Waals surface area contributed by atoms with Crippen molar-refractivity contribution in [3.63, 3.8) is 0 Å². The monoisotopic (exact) mass is 232 g/mol. The van der Waals surface area contributed by atoms with Crippen molar-refractivity contribution in [1.29, 1.82) is 0 Å². The highest BCUT2D eigenvalue weighted by Crippen LogP contribution is 2.20. The molecule has 1 aliphatic heterocycles. The second-order valence-corrected chi connectivity index (χ2v) is 5.13. The van der Waals surface area contributed by atoms with Gasteiger partial charge in [0.1, 0.15) is 0 Å². The lowest BCUT2D eigenvalue weighted by Gasteiger charge is -2.28. The van der Waals surface area contributed by atoms with Gasteiger partial charge in [0.2, 0.25) is 5.91 Å². The van der Waals surface area contributed by atoms with Crippen molar-refractivity contribution in [2.75, 3.05) is 6.54 Å². The van der Waals surface area contributed by atoms with E-state index in [1.807, 2.05) is 44.2 Å². The Kier molecular flexibility index (Phi) is 3.48. The molecule has 3 nitrogen and oxygen atoms in total. The van der Waals surface area contributed by atoms with E-state index in [2.05, 4.69) is 10.6 Å². The summed E-state index contributed by atoms with van der Waals surface area (Å²) in [5.41, 5.74) is 0.814. The summed E-state index contributed by atoms with van der Waals surface area (Å²) in [6, 6.07) is 10.1. The number of rotatable bonds is 3. The fourth-order valence-electron chi connectivity index (χ4n) is 2.23. The first-order valence-electron chi connectivity index (χ1n) is 6.20. The van der Waals surface area contributed by atoms with Crippen LogP contribution in [0, 0.1) is 0 Å². The lowest BCUT2D eigenvalue weighted by molar-refractivity contribution is -0.124. The minimum atomic E-state index is -0.317. The zero-order valence-corrected chi connectivity index (χ0v) is 10.5. The van der Waals surface area contributed by atoms with Gasteiger partial charge in [0.25, 0.3) is 0 Å². The summed E-state index contributed by atoms with van der Waals surface area (Å²) in [6.45, 7) is 5.02. The number of carbonyl (C=O) groups is 1. The van der Waals surface area contributed by atoms with Gasteiger partial charge in [0, 0.05) is 0 Å². The summed E-state index contributed by atoms with van der Waals surface area (Å²) >= 11 is 0. The first-order chi connectivity index (χ1) is 8.09. The topological polar surface area (TPSA) is 41.1 Å². The first kappa shape index (κ1) is 12.1. The largest absolute Gasteiger partial charge is 0.346 e. The van der Waals surface area contributed by atoms with Crippen LogP contribution in [0.4, 0.5) is 0 Å². The minimum absolute atomic E-state index is 0.0158. The average molecular weight is 232 g/mol. The molecule has 1 saturated heterocycles. The molecule has 0 aliphatic carbocycles. The van der Waals surface area contributed by atoms with E-state index in [9.17, 15) is 4.79 Å². The molecule has 1 unspecified atom stereocenters. The molecule has 2 N–H and O–H groups in total. The number of amides is 1. The number of hydrogen-bond donors (Lipinski definition) is 2. The molecule has 1 fully saturated rings. The Hall–Kier alpha value is -1.35. The summed E-state index contributed by atoms with van der Waals surface area (Å²) in [4.78, 5) is 12.1. The van der Waals surface area contributed by atoms with E-state index in [4.69, 9.17) is 0 Å². The standard InChI is InChI=1S/C14H20N2O/c1-14(2,11-7-4-3-5-8-11)16-13(17)12-9-6-10-15-12/h3-5,7-8,12,15H,6,9-10H2,1-2H3,(H,16,17). The third-order valence-corrected chi connectivity index (χ3v) is 3.31. The van der Waals surface area contributed by atoms with E-state index >= 15 is 0 Å². The summed E-state index contributed by atoms with van der Waals surface area (Å²) in [5, 5.41) is 6.33. The molecule has 0 aromatic heterocycles. The highest BCUT2D eigenvalue weighted by atomic mass is 16.2. The van der Waals surface area contributed by atoms with Crippen LogP contribution in [0.2, 0.25) is 0 Å². The van der Waals surface area contributed by atoms with E-state index in [0.717, 1.165) is 24.9 Å². The molecule has 1 amide bonds. The maximum Gasteiger partial charge on any atom is 0.237 e. The van der Waals surface area contributed by atoms with E-state index in [-0.39, 0.29) is 17.5 Å².